The summed E-state index contributed by atoms with van der Waals surface area (Å²) < 4.78 is 5.98. The van der Waals surface area contributed by atoms with E-state index in [1.165, 1.54) is 5.56 Å². The van der Waals surface area contributed by atoms with Gasteiger partial charge in [-0.2, -0.15) is 0 Å². The van der Waals surface area contributed by atoms with E-state index in [9.17, 15) is 9.59 Å². The Balaban J connectivity index is 1.33. The number of benzene rings is 2. The molecular formula is C23H26N2O3. The molecule has 0 atom stereocenters. The van der Waals surface area contributed by atoms with Gasteiger partial charge in [-0.3, -0.25) is 9.59 Å². The van der Waals surface area contributed by atoms with Crippen LogP contribution in [0.5, 0.6) is 0 Å². The van der Waals surface area contributed by atoms with E-state index in [0.717, 1.165) is 24.0 Å². The minimum atomic E-state index is -0.305. The highest BCUT2D eigenvalue weighted by molar-refractivity contribution is 5.79. The van der Waals surface area contributed by atoms with Crippen LogP contribution in [0.3, 0.4) is 0 Å². The molecule has 2 aliphatic rings. The Morgan fingerprint density at radius 2 is 1.68 bits per heavy atom. The number of amides is 2. The van der Waals surface area contributed by atoms with Crippen molar-refractivity contribution >= 4 is 11.8 Å². The fourth-order valence-corrected chi connectivity index (χ4v) is 3.98. The van der Waals surface area contributed by atoms with Crippen molar-refractivity contribution in [3.63, 3.8) is 0 Å². The number of nitrogens with zero attached hydrogens (tertiary/aromatic N) is 1. The first-order chi connectivity index (χ1) is 13.6. The highest BCUT2D eigenvalue weighted by Crippen LogP contribution is 2.28. The lowest BCUT2D eigenvalue weighted by Crippen LogP contribution is -2.52. The Morgan fingerprint density at radius 3 is 2.39 bits per heavy atom. The SMILES string of the molecule is O=C1CCOC2(CCN(C(=O)Cc3ccc(-c4ccccc4)cc3)CC2)CN1. The number of carbonyl (C=O) groups excluding carboxylic acids is 2. The number of hydrogen-bond acceptors (Lipinski definition) is 3. The number of ether oxygens (including phenoxy) is 1. The molecule has 5 heteroatoms. The molecule has 0 saturated carbocycles. The Morgan fingerprint density at radius 1 is 1.00 bits per heavy atom. The van der Waals surface area contributed by atoms with Crippen LogP contribution in [0.1, 0.15) is 24.8 Å². The van der Waals surface area contributed by atoms with Crippen LogP contribution in [0, 0.1) is 0 Å². The smallest absolute Gasteiger partial charge is 0.226 e. The van der Waals surface area contributed by atoms with Crippen LogP contribution in [0.2, 0.25) is 0 Å². The number of nitrogens with one attached hydrogen (secondary N) is 1. The summed E-state index contributed by atoms with van der Waals surface area (Å²) in [5, 5.41) is 2.94. The molecule has 1 N–H and O–H groups in total. The maximum atomic E-state index is 12.7. The molecule has 4 rings (SSSR count). The monoisotopic (exact) mass is 378 g/mol. The molecule has 2 aliphatic heterocycles. The highest BCUT2D eigenvalue weighted by Gasteiger charge is 2.38. The lowest BCUT2D eigenvalue weighted by molar-refractivity contribution is -0.137. The quantitative estimate of drug-likeness (QED) is 0.894. The van der Waals surface area contributed by atoms with Gasteiger partial charge in [0.1, 0.15) is 0 Å². The number of rotatable bonds is 3. The molecule has 2 saturated heterocycles. The van der Waals surface area contributed by atoms with Crippen molar-refractivity contribution in [2.24, 2.45) is 0 Å². The minimum Gasteiger partial charge on any atom is -0.372 e. The average molecular weight is 378 g/mol. The lowest BCUT2D eigenvalue weighted by atomic mass is 9.90. The van der Waals surface area contributed by atoms with Gasteiger partial charge in [0, 0.05) is 26.1 Å². The summed E-state index contributed by atoms with van der Waals surface area (Å²) in [7, 11) is 0. The topological polar surface area (TPSA) is 58.6 Å². The predicted molar refractivity (Wildman–Crippen MR) is 108 cm³/mol. The minimum absolute atomic E-state index is 0.0503. The van der Waals surface area contributed by atoms with Gasteiger partial charge in [-0.25, -0.2) is 0 Å². The molecule has 0 unspecified atom stereocenters. The van der Waals surface area contributed by atoms with Crippen molar-refractivity contribution in [3.8, 4) is 11.1 Å². The highest BCUT2D eigenvalue weighted by atomic mass is 16.5. The van der Waals surface area contributed by atoms with E-state index in [1.54, 1.807) is 0 Å². The summed E-state index contributed by atoms with van der Waals surface area (Å²) in [5.74, 6) is 0.203. The van der Waals surface area contributed by atoms with Gasteiger partial charge in [0.15, 0.2) is 0 Å². The molecule has 0 radical (unpaired) electrons. The largest absolute Gasteiger partial charge is 0.372 e. The predicted octanol–water partition coefficient (Wildman–Crippen LogP) is 2.79. The van der Waals surface area contributed by atoms with Gasteiger partial charge in [0.25, 0.3) is 0 Å². The Kier molecular flexibility index (Phi) is 5.44. The van der Waals surface area contributed by atoms with Gasteiger partial charge < -0.3 is 15.0 Å². The summed E-state index contributed by atoms with van der Waals surface area (Å²) in [6.45, 7) is 2.37. The van der Waals surface area contributed by atoms with Crippen LogP contribution in [0.25, 0.3) is 11.1 Å². The van der Waals surface area contributed by atoms with Gasteiger partial charge in [-0.15, -0.1) is 0 Å². The van der Waals surface area contributed by atoms with Crippen molar-refractivity contribution in [2.45, 2.75) is 31.3 Å². The van der Waals surface area contributed by atoms with Gasteiger partial charge in [0.05, 0.1) is 18.6 Å². The van der Waals surface area contributed by atoms with Gasteiger partial charge in [0.2, 0.25) is 11.8 Å². The van der Waals surface area contributed by atoms with Crippen LogP contribution >= 0.6 is 0 Å². The van der Waals surface area contributed by atoms with Crippen LogP contribution in [0.15, 0.2) is 54.6 Å². The fourth-order valence-electron chi connectivity index (χ4n) is 3.98. The zero-order chi connectivity index (χ0) is 19.4. The molecule has 0 aromatic heterocycles. The summed E-state index contributed by atoms with van der Waals surface area (Å²) in [4.78, 5) is 26.2. The first-order valence-corrected chi connectivity index (χ1v) is 9.96. The maximum Gasteiger partial charge on any atom is 0.226 e. The Hall–Kier alpha value is -2.66. The van der Waals surface area contributed by atoms with Crippen LogP contribution < -0.4 is 5.32 Å². The first kappa shape index (κ1) is 18.7. The van der Waals surface area contributed by atoms with Gasteiger partial charge in [-0.05, 0) is 29.5 Å². The summed E-state index contributed by atoms with van der Waals surface area (Å²) in [6, 6.07) is 18.5. The molecule has 5 nitrogen and oxygen atoms in total. The molecule has 0 aliphatic carbocycles. The Labute approximate surface area is 165 Å². The second kappa shape index (κ2) is 8.15. The third-order valence-corrected chi connectivity index (χ3v) is 5.79. The summed E-state index contributed by atoms with van der Waals surface area (Å²) in [5.41, 5.74) is 3.06. The molecule has 2 fully saturated rings. The zero-order valence-corrected chi connectivity index (χ0v) is 16.0. The molecular weight excluding hydrogens is 352 g/mol. The van der Waals surface area contributed by atoms with E-state index in [-0.39, 0.29) is 17.4 Å². The molecule has 2 heterocycles. The third-order valence-electron chi connectivity index (χ3n) is 5.79. The van der Waals surface area contributed by atoms with E-state index in [0.29, 0.717) is 39.1 Å². The van der Waals surface area contributed by atoms with Crippen LogP contribution in [-0.2, 0) is 20.7 Å². The molecule has 28 heavy (non-hydrogen) atoms. The van der Waals surface area contributed by atoms with Gasteiger partial charge >= 0.3 is 0 Å². The number of carbonyl (C=O) groups is 2. The van der Waals surface area contributed by atoms with Crippen molar-refractivity contribution in [2.75, 3.05) is 26.2 Å². The first-order valence-electron chi connectivity index (χ1n) is 9.96. The van der Waals surface area contributed by atoms with Crippen molar-refractivity contribution in [1.82, 2.24) is 10.2 Å². The standard InChI is InChI=1S/C23H26N2O3/c26-21-10-15-28-23(17-24-21)11-13-25(14-12-23)22(27)16-18-6-8-20(9-7-18)19-4-2-1-3-5-19/h1-9H,10-17H2,(H,24,26). The fraction of sp³-hybridized carbons (Fsp3) is 0.391. The number of likely N-dealkylation sites (tertiary alicyclic amines) is 1. The summed E-state index contributed by atoms with van der Waals surface area (Å²) in [6.07, 6.45) is 2.38. The number of piperidine rings is 1. The summed E-state index contributed by atoms with van der Waals surface area (Å²) >= 11 is 0. The van der Waals surface area contributed by atoms with E-state index in [1.807, 2.05) is 35.2 Å². The van der Waals surface area contributed by atoms with Crippen LogP contribution in [-0.4, -0.2) is 48.6 Å². The second-order valence-electron chi connectivity index (χ2n) is 7.68. The van der Waals surface area contributed by atoms with E-state index < -0.39 is 0 Å². The van der Waals surface area contributed by atoms with Gasteiger partial charge in [-0.1, -0.05) is 54.6 Å². The maximum absolute atomic E-state index is 12.7. The number of hydrogen-bond donors (Lipinski definition) is 1. The third kappa shape index (κ3) is 4.25. The zero-order valence-electron chi connectivity index (χ0n) is 16.0. The van der Waals surface area contributed by atoms with Crippen molar-refractivity contribution < 1.29 is 14.3 Å². The Bertz CT molecular complexity index is 825. The molecule has 146 valence electrons. The molecule has 2 aromatic carbocycles. The molecule has 0 bridgehead atoms. The lowest BCUT2D eigenvalue weighted by Gasteiger charge is -2.40. The molecule has 2 aromatic rings. The van der Waals surface area contributed by atoms with Crippen molar-refractivity contribution in [1.29, 1.82) is 0 Å². The second-order valence-corrected chi connectivity index (χ2v) is 7.68. The molecule has 2 amide bonds. The molecule has 1 spiro atoms. The van der Waals surface area contributed by atoms with Crippen molar-refractivity contribution in [3.05, 3.63) is 60.2 Å². The van der Waals surface area contributed by atoms with E-state index in [4.69, 9.17) is 4.74 Å². The van der Waals surface area contributed by atoms with E-state index in [2.05, 4.69) is 29.6 Å². The van der Waals surface area contributed by atoms with Crippen LogP contribution in [0.4, 0.5) is 0 Å². The average Bonchev–Trinajstić information content (AvgIpc) is 2.91. The van der Waals surface area contributed by atoms with E-state index >= 15 is 0 Å². The normalized spacial score (nSPS) is 19.1.